The van der Waals surface area contributed by atoms with Crippen LogP contribution < -0.4 is 10.3 Å². The minimum absolute atomic E-state index is 0.333. The lowest BCUT2D eigenvalue weighted by atomic mass is 10.7. The number of nitrogens with one attached hydrogen (secondary N) is 1. The molecule has 0 amide bonds. The Morgan fingerprint density at radius 1 is 1.44 bits per heavy atom. The molecule has 0 aromatic carbocycles. The van der Waals surface area contributed by atoms with Crippen molar-refractivity contribution >= 4 is 0 Å². The molecule has 0 aliphatic carbocycles. The van der Waals surface area contributed by atoms with Gasteiger partial charge < -0.3 is 4.84 Å². The largest absolute Gasteiger partial charge is 0.368 e. The van der Waals surface area contributed by atoms with E-state index in [1.165, 1.54) is 0 Å². The van der Waals surface area contributed by atoms with Crippen molar-refractivity contribution in [2.24, 2.45) is 0 Å². The van der Waals surface area contributed by atoms with E-state index < -0.39 is 0 Å². The Bertz CT molecular complexity index is 165. The van der Waals surface area contributed by atoms with Gasteiger partial charge in [-0.05, 0) is 6.07 Å². The summed E-state index contributed by atoms with van der Waals surface area (Å²) in [5, 5.41) is 0. The minimum atomic E-state index is 0.333. The molecule has 1 heterocycles. The van der Waals surface area contributed by atoms with Gasteiger partial charge in [0, 0.05) is 19.4 Å². The second kappa shape index (κ2) is 2.99. The Labute approximate surface area is 52.9 Å². The van der Waals surface area contributed by atoms with Gasteiger partial charge in [0.15, 0.2) is 0 Å². The van der Waals surface area contributed by atoms with Crippen LogP contribution in [0.5, 0.6) is 6.01 Å². The van der Waals surface area contributed by atoms with Gasteiger partial charge >= 0.3 is 6.01 Å². The van der Waals surface area contributed by atoms with Crippen LogP contribution in [0.3, 0.4) is 0 Å². The van der Waals surface area contributed by atoms with Crippen LogP contribution in [0.4, 0.5) is 0 Å². The van der Waals surface area contributed by atoms with E-state index >= 15 is 0 Å². The van der Waals surface area contributed by atoms with Gasteiger partial charge in [-0.25, -0.2) is 9.97 Å². The first-order valence-electron chi connectivity index (χ1n) is 2.54. The monoisotopic (exact) mass is 125 g/mol. The van der Waals surface area contributed by atoms with Crippen molar-refractivity contribution in [1.82, 2.24) is 15.4 Å². The molecule has 4 nitrogen and oxygen atoms in total. The number of hydroxylamine groups is 1. The van der Waals surface area contributed by atoms with Gasteiger partial charge in [-0.2, -0.15) is 5.48 Å². The van der Waals surface area contributed by atoms with Crippen LogP contribution in [0.25, 0.3) is 0 Å². The number of hydrogen-bond donors (Lipinski definition) is 1. The molecule has 0 fully saturated rings. The fourth-order valence-corrected chi connectivity index (χ4v) is 0.429. The molecule has 1 aromatic rings. The van der Waals surface area contributed by atoms with E-state index in [1.54, 1.807) is 25.5 Å². The lowest BCUT2D eigenvalue weighted by molar-refractivity contribution is 0.203. The quantitative estimate of drug-likeness (QED) is 0.565. The van der Waals surface area contributed by atoms with Crippen LogP contribution in [0.15, 0.2) is 18.5 Å². The van der Waals surface area contributed by atoms with Crippen LogP contribution in [0.1, 0.15) is 0 Å². The summed E-state index contributed by atoms with van der Waals surface area (Å²) in [6.45, 7) is 0. The molecule has 4 heteroatoms. The first kappa shape index (κ1) is 5.97. The van der Waals surface area contributed by atoms with E-state index in [2.05, 4.69) is 15.4 Å². The Morgan fingerprint density at radius 2 is 2.11 bits per heavy atom. The van der Waals surface area contributed by atoms with E-state index in [0.717, 1.165) is 0 Å². The summed E-state index contributed by atoms with van der Waals surface area (Å²) >= 11 is 0. The smallest absolute Gasteiger partial charge is 0.335 e. The topological polar surface area (TPSA) is 47.0 Å². The zero-order valence-corrected chi connectivity index (χ0v) is 5.03. The zero-order valence-electron chi connectivity index (χ0n) is 5.03. The third-order valence-corrected chi connectivity index (χ3v) is 0.735. The molecule has 0 aliphatic rings. The first-order chi connectivity index (χ1) is 4.43. The van der Waals surface area contributed by atoms with Crippen LogP contribution in [-0.2, 0) is 0 Å². The highest BCUT2D eigenvalue weighted by molar-refractivity contribution is 4.92. The highest BCUT2D eigenvalue weighted by Gasteiger charge is 1.88. The summed E-state index contributed by atoms with van der Waals surface area (Å²) in [4.78, 5) is 12.3. The van der Waals surface area contributed by atoms with Gasteiger partial charge in [0.2, 0.25) is 0 Å². The van der Waals surface area contributed by atoms with E-state index in [9.17, 15) is 0 Å². The van der Waals surface area contributed by atoms with Gasteiger partial charge in [0.05, 0.1) is 0 Å². The molecule has 0 saturated heterocycles. The van der Waals surface area contributed by atoms with Crippen LogP contribution in [0, 0.1) is 0 Å². The van der Waals surface area contributed by atoms with Gasteiger partial charge in [0.1, 0.15) is 0 Å². The van der Waals surface area contributed by atoms with Crippen molar-refractivity contribution in [1.29, 1.82) is 0 Å². The van der Waals surface area contributed by atoms with Gasteiger partial charge in [-0.3, -0.25) is 0 Å². The van der Waals surface area contributed by atoms with Crippen molar-refractivity contribution in [3.63, 3.8) is 0 Å². The summed E-state index contributed by atoms with van der Waals surface area (Å²) < 4.78 is 0. The number of aromatic nitrogens is 2. The molecule has 0 unspecified atom stereocenters. The molecule has 0 spiro atoms. The van der Waals surface area contributed by atoms with Crippen molar-refractivity contribution in [2.45, 2.75) is 0 Å². The summed E-state index contributed by atoms with van der Waals surface area (Å²) in [6, 6.07) is 2.06. The normalized spacial score (nSPS) is 9.00. The second-order valence-corrected chi connectivity index (χ2v) is 1.34. The summed E-state index contributed by atoms with van der Waals surface area (Å²) in [5.41, 5.74) is 2.46. The number of rotatable bonds is 2. The van der Waals surface area contributed by atoms with Crippen molar-refractivity contribution in [3.8, 4) is 6.01 Å². The van der Waals surface area contributed by atoms with Crippen LogP contribution in [0.2, 0.25) is 0 Å². The second-order valence-electron chi connectivity index (χ2n) is 1.34. The maximum absolute atomic E-state index is 4.73. The average molecular weight is 125 g/mol. The zero-order chi connectivity index (χ0) is 6.53. The molecule has 0 radical (unpaired) electrons. The molecule has 48 valence electrons. The predicted molar refractivity (Wildman–Crippen MR) is 31.7 cm³/mol. The van der Waals surface area contributed by atoms with E-state index in [4.69, 9.17) is 4.84 Å². The minimum Gasteiger partial charge on any atom is -0.368 e. The molecule has 0 aliphatic heterocycles. The van der Waals surface area contributed by atoms with Crippen LogP contribution in [-0.4, -0.2) is 17.0 Å². The molecule has 1 aromatic heterocycles. The lowest BCUT2D eigenvalue weighted by Crippen LogP contribution is -2.12. The van der Waals surface area contributed by atoms with E-state index in [0.29, 0.717) is 6.01 Å². The summed E-state index contributed by atoms with van der Waals surface area (Å²) in [5.74, 6) is 0. The maximum atomic E-state index is 4.73. The summed E-state index contributed by atoms with van der Waals surface area (Å²) in [7, 11) is 1.65. The highest BCUT2D eigenvalue weighted by Crippen LogP contribution is 1.92. The third kappa shape index (κ3) is 1.65. The average Bonchev–Trinajstić information content (AvgIpc) is 1.91. The highest BCUT2D eigenvalue weighted by atomic mass is 16.7. The maximum Gasteiger partial charge on any atom is 0.335 e. The molecule has 1 rings (SSSR count). The molecular formula is C5H7N3O. The first-order valence-corrected chi connectivity index (χ1v) is 2.54. The molecule has 0 bridgehead atoms. The molecule has 1 N–H and O–H groups in total. The SMILES string of the molecule is CNOc1ncccn1. The molecular weight excluding hydrogens is 118 g/mol. The van der Waals surface area contributed by atoms with Gasteiger partial charge in [-0.1, -0.05) is 0 Å². The predicted octanol–water partition coefficient (Wildman–Crippen LogP) is -0.0102. The Balaban J connectivity index is 2.61. The van der Waals surface area contributed by atoms with Gasteiger partial charge in [0.25, 0.3) is 0 Å². The fourth-order valence-electron chi connectivity index (χ4n) is 0.429. The fraction of sp³-hybridized carbons (Fsp3) is 0.200. The Kier molecular flexibility index (Phi) is 1.98. The number of nitrogens with zero attached hydrogens (tertiary/aromatic N) is 2. The number of hydrogen-bond acceptors (Lipinski definition) is 4. The van der Waals surface area contributed by atoms with Crippen molar-refractivity contribution < 1.29 is 4.84 Å². The third-order valence-electron chi connectivity index (χ3n) is 0.735. The van der Waals surface area contributed by atoms with Gasteiger partial charge in [-0.15, -0.1) is 0 Å². The molecule has 0 atom stereocenters. The Morgan fingerprint density at radius 3 is 2.67 bits per heavy atom. The van der Waals surface area contributed by atoms with Crippen molar-refractivity contribution in [3.05, 3.63) is 18.5 Å². The molecule has 0 saturated carbocycles. The lowest BCUT2D eigenvalue weighted by Gasteiger charge is -1.96. The Hall–Kier alpha value is -1.16. The molecule has 9 heavy (non-hydrogen) atoms. The van der Waals surface area contributed by atoms with Crippen LogP contribution >= 0.6 is 0 Å². The standard InChI is InChI=1S/C5H7N3O/c1-6-9-5-7-3-2-4-8-5/h2-4,6H,1H3. The van der Waals surface area contributed by atoms with E-state index in [1.807, 2.05) is 0 Å². The van der Waals surface area contributed by atoms with E-state index in [-0.39, 0.29) is 0 Å². The van der Waals surface area contributed by atoms with Crippen molar-refractivity contribution in [2.75, 3.05) is 7.05 Å². The summed E-state index contributed by atoms with van der Waals surface area (Å²) in [6.07, 6.45) is 3.22.